The van der Waals surface area contributed by atoms with Crippen LogP contribution in [0.4, 0.5) is 17.1 Å². The summed E-state index contributed by atoms with van der Waals surface area (Å²) in [6.45, 7) is 0.0640. The summed E-state index contributed by atoms with van der Waals surface area (Å²) in [5.74, 6) is -1.47. The molecular weight excluding hydrogens is 302 g/mol. The number of halogens is 1. The van der Waals surface area contributed by atoms with E-state index in [1.54, 1.807) is 0 Å². The van der Waals surface area contributed by atoms with E-state index in [0.29, 0.717) is 0 Å². The highest BCUT2D eigenvalue weighted by Crippen LogP contribution is 2.37. The molecule has 0 bridgehead atoms. The second-order valence-electron chi connectivity index (χ2n) is 4.55. The van der Waals surface area contributed by atoms with Gasteiger partial charge in [0, 0.05) is 19.0 Å². The molecule has 2 rings (SSSR count). The van der Waals surface area contributed by atoms with Gasteiger partial charge in [-0.2, -0.15) is 0 Å². The number of nitrogen functional groups attached to an aromatic ring is 1. The van der Waals surface area contributed by atoms with Crippen LogP contribution in [0.2, 0.25) is 5.02 Å². The number of esters is 1. The molecule has 1 fully saturated rings. The molecule has 1 atom stereocenters. The minimum Gasteiger partial charge on any atom is -0.469 e. The second-order valence-corrected chi connectivity index (χ2v) is 4.96. The maximum Gasteiger partial charge on any atom is 0.311 e. The van der Waals surface area contributed by atoms with Crippen molar-refractivity contribution in [3.8, 4) is 0 Å². The summed E-state index contributed by atoms with van der Waals surface area (Å²) in [7, 11) is 1.23. The first kappa shape index (κ1) is 15.0. The zero-order valence-electron chi connectivity index (χ0n) is 11.0. The lowest BCUT2D eigenvalue weighted by Gasteiger charge is -2.18. The molecule has 1 saturated heterocycles. The molecule has 21 heavy (non-hydrogen) atoms. The number of nitro benzene ring substituents is 1. The van der Waals surface area contributed by atoms with Crippen LogP contribution in [0.15, 0.2) is 12.1 Å². The van der Waals surface area contributed by atoms with Gasteiger partial charge in [-0.1, -0.05) is 11.6 Å². The molecule has 0 radical (unpaired) electrons. The number of methoxy groups -OCH3 is 1. The van der Waals surface area contributed by atoms with Crippen molar-refractivity contribution >= 4 is 40.5 Å². The highest BCUT2D eigenvalue weighted by Gasteiger charge is 2.37. The molecule has 8 nitrogen and oxygen atoms in total. The zero-order valence-corrected chi connectivity index (χ0v) is 11.8. The Bertz CT molecular complexity index is 634. The van der Waals surface area contributed by atoms with E-state index in [4.69, 9.17) is 17.3 Å². The van der Waals surface area contributed by atoms with Crippen LogP contribution in [-0.4, -0.2) is 30.5 Å². The first-order valence-electron chi connectivity index (χ1n) is 5.96. The van der Waals surface area contributed by atoms with Crippen molar-refractivity contribution in [2.24, 2.45) is 5.92 Å². The Balaban J connectivity index is 2.38. The molecule has 0 aromatic heterocycles. The predicted molar refractivity (Wildman–Crippen MR) is 75.0 cm³/mol. The van der Waals surface area contributed by atoms with Crippen LogP contribution >= 0.6 is 11.6 Å². The third-order valence-corrected chi connectivity index (χ3v) is 3.55. The van der Waals surface area contributed by atoms with Crippen molar-refractivity contribution in [1.82, 2.24) is 0 Å². The molecule has 1 aromatic carbocycles. The van der Waals surface area contributed by atoms with Crippen LogP contribution < -0.4 is 10.6 Å². The molecule has 112 valence electrons. The maximum atomic E-state index is 12.0. The molecule has 1 amide bonds. The molecular formula is C12H12ClN3O5. The number of amides is 1. The van der Waals surface area contributed by atoms with Gasteiger partial charge < -0.3 is 15.4 Å². The molecule has 1 aliphatic rings. The van der Waals surface area contributed by atoms with Gasteiger partial charge in [0.2, 0.25) is 5.91 Å². The summed E-state index contributed by atoms with van der Waals surface area (Å²) in [6, 6.07) is 2.35. The van der Waals surface area contributed by atoms with Crippen molar-refractivity contribution in [3.05, 3.63) is 27.3 Å². The van der Waals surface area contributed by atoms with E-state index in [1.807, 2.05) is 0 Å². The molecule has 1 heterocycles. The van der Waals surface area contributed by atoms with Gasteiger partial charge in [-0.05, 0) is 6.07 Å². The average molecular weight is 314 g/mol. The highest BCUT2D eigenvalue weighted by molar-refractivity contribution is 6.33. The molecule has 1 aromatic rings. The Hall–Kier alpha value is -2.35. The molecule has 1 aliphatic heterocycles. The van der Waals surface area contributed by atoms with Gasteiger partial charge in [0.1, 0.15) is 5.02 Å². The fourth-order valence-corrected chi connectivity index (χ4v) is 2.45. The lowest BCUT2D eigenvalue weighted by Crippen LogP contribution is -2.27. The van der Waals surface area contributed by atoms with Gasteiger partial charge in [-0.25, -0.2) is 0 Å². The fraction of sp³-hybridized carbons (Fsp3) is 0.333. The van der Waals surface area contributed by atoms with Crippen LogP contribution in [0.3, 0.4) is 0 Å². The lowest BCUT2D eigenvalue weighted by atomic mass is 10.1. The van der Waals surface area contributed by atoms with E-state index in [0.717, 1.165) is 6.07 Å². The van der Waals surface area contributed by atoms with Crippen LogP contribution in [0.5, 0.6) is 0 Å². The zero-order chi connectivity index (χ0) is 15.7. The average Bonchev–Trinajstić information content (AvgIpc) is 2.79. The van der Waals surface area contributed by atoms with Crippen LogP contribution in [0.1, 0.15) is 6.42 Å². The number of carbonyl (C=O) groups is 2. The van der Waals surface area contributed by atoms with Gasteiger partial charge in [0.25, 0.3) is 5.69 Å². The SMILES string of the molecule is COC(=O)C1CC(=O)N(c2cc([N+](=O)[O-])c(Cl)cc2N)C1. The van der Waals surface area contributed by atoms with E-state index in [2.05, 4.69) is 4.74 Å². The molecule has 9 heteroatoms. The number of nitro groups is 1. The van der Waals surface area contributed by atoms with Crippen LogP contribution in [-0.2, 0) is 14.3 Å². The monoisotopic (exact) mass is 313 g/mol. The van der Waals surface area contributed by atoms with Gasteiger partial charge in [0.15, 0.2) is 0 Å². The number of anilines is 2. The fourth-order valence-electron chi connectivity index (χ4n) is 2.20. The van der Waals surface area contributed by atoms with Crippen molar-refractivity contribution in [3.63, 3.8) is 0 Å². The number of hydrogen-bond donors (Lipinski definition) is 1. The summed E-state index contributed by atoms with van der Waals surface area (Å²) in [5, 5.41) is 10.8. The quantitative estimate of drug-likeness (QED) is 0.390. The standard InChI is InChI=1S/C12H12ClN3O5/c1-21-12(18)6-2-11(17)15(5-6)10-4-9(16(19)20)7(13)3-8(10)14/h3-4,6H,2,5,14H2,1H3. The largest absolute Gasteiger partial charge is 0.469 e. The first-order valence-corrected chi connectivity index (χ1v) is 6.34. The minimum atomic E-state index is -0.663. The summed E-state index contributed by atoms with van der Waals surface area (Å²) < 4.78 is 4.60. The summed E-state index contributed by atoms with van der Waals surface area (Å²) >= 11 is 5.74. The maximum absolute atomic E-state index is 12.0. The highest BCUT2D eigenvalue weighted by atomic mass is 35.5. The van der Waals surface area contributed by atoms with Crippen molar-refractivity contribution in [2.75, 3.05) is 24.3 Å². The Labute approximate surface area is 124 Å². The Morgan fingerprint density at radius 2 is 2.24 bits per heavy atom. The number of benzene rings is 1. The Kier molecular flexibility index (Phi) is 3.99. The molecule has 0 saturated carbocycles. The lowest BCUT2D eigenvalue weighted by molar-refractivity contribution is -0.384. The van der Waals surface area contributed by atoms with Gasteiger partial charge in [-0.15, -0.1) is 0 Å². The molecule has 0 aliphatic carbocycles. The minimum absolute atomic E-state index is 0.0253. The first-order chi connectivity index (χ1) is 9.85. The number of carbonyl (C=O) groups excluding carboxylic acids is 2. The smallest absolute Gasteiger partial charge is 0.311 e. The van der Waals surface area contributed by atoms with Crippen LogP contribution in [0.25, 0.3) is 0 Å². The number of nitrogens with zero attached hydrogens (tertiary/aromatic N) is 2. The van der Waals surface area contributed by atoms with Crippen molar-refractivity contribution in [2.45, 2.75) is 6.42 Å². The normalized spacial score (nSPS) is 17.9. The number of nitrogens with two attached hydrogens (primary N) is 1. The third-order valence-electron chi connectivity index (χ3n) is 3.24. The number of hydrogen-bond acceptors (Lipinski definition) is 6. The topological polar surface area (TPSA) is 116 Å². The van der Waals surface area contributed by atoms with Gasteiger partial charge in [0.05, 0.1) is 29.3 Å². The van der Waals surface area contributed by atoms with E-state index in [9.17, 15) is 19.7 Å². The molecule has 2 N–H and O–H groups in total. The Morgan fingerprint density at radius 3 is 2.81 bits per heavy atom. The second kappa shape index (κ2) is 5.57. The van der Waals surface area contributed by atoms with Gasteiger partial charge >= 0.3 is 5.97 Å². The van der Waals surface area contributed by atoms with E-state index >= 15 is 0 Å². The summed E-state index contributed by atoms with van der Waals surface area (Å²) in [4.78, 5) is 34.9. The summed E-state index contributed by atoms with van der Waals surface area (Å²) in [6.07, 6.45) is -0.0253. The number of rotatable bonds is 3. The predicted octanol–water partition coefficient (Wildman–Crippen LogP) is 1.36. The van der Waals surface area contributed by atoms with Crippen molar-refractivity contribution in [1.29, 1.82) is 0 Å². The third kappa shape index (κ3) is 2.75. The van der Waals surface area contributed by atoms with E-state index < -0.39 is 16.8 Å². The van der Waals surface area contributed by atoms with E-state index in [1.165, 1.54) is 18.1 Å². The summed E-state index contributed by atoms with van der Waals surface area (Å²) in [5.41, 5.74) is 5.72. The molecule has 0 spiro atoms. The Morgan fingerprint density at radius 1 is 1.57 bits per heavy atom. The van der Waals surface area contributed by atoms with Gasteiger partial charge in [-0.3, -0.25) is 19.7 Å². The van der Waals surface area contributed by atoms with Crippen LogP contribution in [0, 0.1) is 16.0 Å². The van der Waals surface area contributed by atoms with E-state index in [-0.39, 0.29) is 41.0 Å². The molecule has 1 unspecified atom stereocenters. The number of ether oxygens (including phenoxy) is 1. The van der Waals surface area contributed by atoms with Crippen molar-refractivity contribution < 1.29 is 19.2 Å².